The number of amides is 1. The highest BCUT2D eigenvalue weighted by Crippen LogP contribution is 2.24. The zero-order valence-corrected chi connectivity index (χ0v) is 18.1. The Hall–Kier alpha value is -2.21. The number of hydrogen-bond donors (Lipinski definition) is 0. The van der Waals surface area contributed by atoms with E-state index in [1.165, 1.54) is 32.1 Å². The minimum absolute atomic E-state index is 0.0707. The number of carbonyl (C=O) groups excluding carboxylic acids is 1. The molecule has 0 unspecified atom stereocenters. The summed E-state index contributed by atoms with van der Waals surface area (Å²) in [5.74, 6) is 0.747. The molecule has 1 saturated carbocycles. The van der Waals surface area contributed by atoms with E-state index in [1.54, 1.807) is 10.9 Å². The second-order valence-electron chi connectivity index (χ2n) is 8.61. The predicted octanol–water partition coefficient (Wildman–Crippen LogP) is 3.07. The molecular weight excluding hydrogens is 364 g/mol. The van der Waals surface area contributed by atoms with E-state index in [2.05, 4.69) is 9.88 Å². The van der Waals surface area contributed by atoms with E-state index in [9.17, 15) is 9.59 Å². The van der Waals surface area contributed by atoms with E-state index in [0.717, 1.165) is 30.7 Å². The molecule has 0 radical (unpaired) electrons. The van der Waals surface area contributed by atoms with Crippen LogP contribution in [0.5, 0.6) is 0 Å². The number of aromatic nitrogens is 2. The lowest BCUT2D eigenvalue weighted by Gasteiger charge is -2.31. The lowest BCUT2D eigenvalue weighted by Crippen LogP contribution is -2.40. The lowest BCUT2D eigenvalue weighted by atomic mass is 9.89. The standard InChI is InChI=1S/C23H34N4O2/c1-18-8-7-11-20-22(18)24-17-27(23(20)29)13-12-21(28)26(15-14-25(2)3)16-19-9-5-4-6-10-19/h7-8,11,17,19H,4-6,9-10,12-16H2,1-3H3. The maximum Gasteiger partial charge on any atom is 0.261 e. The van der Waals surface area contributed by atoms with Gasteiger partial charge in [0, 0.05) is 32.6 Å². The highest BCUT2D eigenvalue weighted by Gasteiger charge is 2.21. The summed E-state index contributed by atoms with van der Waals surface area (Å²) in [6.45, 7) is 4.77. The van der Waals surface area contributed by atoms with Crippen molar-refractivity contribution in [3.63, 3.8) is 0 Å². The summed E-state index contributed by atoms with van der Waals surface area (Å²) in [7, 11) is 4.07. The molecule has 0 N–H and O–H groups in total. The SMILES string of the molecule is Cc1cccc2c(=O)n(CCC(=O)N(CCN(C)C)CC3CCCCC3)cnc12. The predicted molar refractivity (Wildman–Crippen MR) is 117 cm³/mol. The fraction of sp³-hybridized carbons (Fsp3) is 0.609. The smallest absolute Gasteiger partial charge is 0.261 e. The van der Waals surface area contributed by atoms with E-state index in [0.29, 0.717) is 24.3 Å². The number of carbonyl (C=O) groups is 1. The zero-order valence-electron chi connectivity index (χ0n) is 18.1. The molecule has 1 fully saturated rings. The van der Waals surface area contributed by atoms with Crippen LogP contribution in [0.1, 0.15) is 44.1 Å². The van der Waals surface area contributed by atoms with Crippen molar-refractivity contribution >= 4 is 16.8 Å². The summed E-state index contributed by atoms with van der Waals surface area (Å²) in [6.07, 6.45) is 8.23. The van der Waals surface area contributed by atoms with Crippen LogP contribution < -0.4 is 5.56 Å². The minimum atomic E-state index is -0.0707. The topological polar surface area (TPSA) is 58.4 Å². The Bertz CT molecular complexity index is 884. The third-order valence-electron chi connectivity index (χ3n) is 5.99. The summed E-state index contributed by atoms with van der Waals surface area (Å²) in [4.78, 5) is 34.4. The fourth-order valence-corrected chi connectivity index (χ4v) is 4.19. The van der Waals surface area contributed by atoms with Crippen molar-refractivity contribution in [1.29, 1.82) is 0 Å². The van der Waals surface area contributed by atoms with Crippen molar-refractivity contribution in [2.75, 3.05) is 33.7 Å². The van der Waals surface area contributed by atoms with Gasteiger partial charge in [-0.25, -0.2) is 4.98 Å². The number of para-hydroxylation sites is 1. The molecule has 6 nitrogen and oxygen atoms in total. The summed E-state index contributed by atoms with van der Waals surface area (Å²) in [5, 5.41) is 0.617. The summed E-state index contributed by atoms with van der Waals surface area (Å²) in [5.41, 5.74) is 1.66. The molecule has 1 aromatic carbocycles. The number of fused-ring (bicyclic) bond motifs is 1. The van der Waals surface area contributed by atoms with Gasteiger partial charge in [0.15, 0.2) is 0 Å². The molecule has 1 aliphatic rings. The van der Waals surface area contributed by atoms with E-state index < -0.39 is 0 Å². The van der Waals surface area contributed by atoms with Crippen LogP contribution >= 0.6 is 0 Å². The van der Waals surface area contributed by atoms with Crippen LogP contribution in [-0.4, -0.2) is 59.0 Å². The van der Waals surface area contributed by atoms with Crippen LogP contribution in [0.2, 0.25) is 0 Å². The van der Waals surface area contributed by atoms with Gasteiger partial charge in [0.1, 0.15) is 0 Å². The van der Waals surface area contributed by atoms with Crippen LogP contribution in [0.3, 0.4) is 0 Å². The molecule has 1 heterocycles. The van der Waals surface area contributed by atoms with Crippen molar-refractivity contribution in [2.24, 2.45) is 5.92 Å². The molecule has 6 heteroatoms. The average molecular weight is 399 g/mol. The van der Waals surface area contributed by atoms with Crippen LogP contribution in [-0.2, 0) is 11.3 Å². The maximum atomic E-state index is 13.0. The summed E-state index contributed by atoms with van der Waals surface area (Å²) in [6, 6.07) is 5.64. The van der Waals surface area contributed by atoms with Gasteiger partial charge in [-0.1, -0.05) is 31.4 Å². The van der Waals surface area contributed by atoms with Gasteiger partial charge in [0.25, 0.3) is 5.56 Å². The van der Waals surface area contributed by atoms with E-state index >= 15 is 0 Å². The van der Waals surface area contributed by atoms with E-state index in [1.807, 2.05) is 44.1 Å². The monoisotopic (exact) mass is 398 g/mol. The Morgan fingerprint density at radius 3 is 2.66 bits per heavy atom. The van der Waals surface area contributed by atoms with Gasteiger partial charge in [-0.15, -0.1) is 0 Å². The molecular formula is C23H34N4O2. The first-order valence-electron chi connectivity index (χ1n) is 10.8. The van der Waals surface area contributed by atoms with Crippen molar-refractivity contribution < 1.29 is 4.79 Å². The molecule has 1 amide bonds. The first kappa shape index (κ1) is 21.5. The van der Waals surface area contributed by atoms with Crippen LogP contribution in [0.25, 0.3) is 10.9 Å². The van der Waals surface area contributed by atoms with Crippen molar-refractivity contribution in [3.05, 3.63) is 40.4 Å². The lowest BCUT2D eigenvalue weighted by molar-refractivity contribution is -0.132. The molecule has 2 aromatic rings. The molecule has 158 valence electrons. The molecule has 0 saturated heterocycles. The number of likely N-dealkylation sites (N-methyl/N-ethyl adjacent to an activating group) is 1. The molecule has 29 heavy (non-hydrogen) atoms. The Morgan fingerprint density at radius 2 is 1.93 bits per heavy atom. The molecule has 1 aliphatic carbocycles. The van der Waals surface area contributed by atoms with Gasteiger partial charge in [-0.2, -0.15) is 0 Å². The zero-order chi connectivity index (χ0) is 20.8. The third kappa shape index (κ3) is 5.66. The van der Waals surface area contributed by atoms with Gasteiger partial charge < -0.3 is 9.80 Å². The number of rotatable bonds is 8. The van der Waals surface area contributed by atoms with Gasteiger partial charge in [0.05, 0.1) is 17.2 Å². The summed E-state index contributed by atoms with van der Waals surface area (Å²) < 4.78 is 1.57. The van der Waals surface area contributed by atoms with Gasteiger partial charge in [-0.05, 0) is 51.4 Å². The fourth-order valence-electron chi connectivity index (χ4n) is 4.19. The second kappa shape index (κ2) is 10.0. The molecule has 0 bridgehead atoms. The Kier molecular flexibility index (Phi) is 7.42. The Morgan fingerprint density at radius 1 is 1.17 bits per heavy atom. The van der Waals surface area contributed by atoms with Crippen molar-refractivity contribution in [3.8, 4) is 0 Å². The van der Waals surface area contributed by atoms with E-state index in [-0.39, 0.29) is 11.5 Å². The number of aryl methyl sites for hydroxylation is 2. The first-order valence-corrected chi connectivity index (χ1v) is 10.8. The van der Waals surface area contributed by atoms with Crippen molar-refractivity contribution in [2.45, 2.75) is 52.0 Å². The highest BCUT2D eigenvalue weighted by molar-refractivity contribution is 5.80. The van der Waals surface area contributed by atoms with Gasteiger partial charge in [0.2, 0.25) is 5.91 Å². The largest absolute Gasteiger partial charge is 0.341 e. The van der Waals surface area contributed by atoms with Crippen LogP contribution in [0, 0.1) is 12.8 Å². The molecule has 1 aromatic heterocycles. The number of hydrogen-bond acceptors (Lipinski definition) is 4. The van der Waals surface area contributed by atoms with Crippen LogP contribution in [0.4, 0.5) is 0 Å². The third-order valence-corrected chi connectivity index (χ3v) is 5.99. The normalized spacial score (nSPS) is 15.2. The maximum absolute atomic E-state index is 13.0. The molecule has 0 spiro atoms. The van der Waals surface area contributed by atoms with Crippen LogP contribution in [0.15, 0.2) is 29.3 Å². The highest BCUT2D eigenvalue weighted by atomic mass is 16.2. The Balaban J connectivity index is 1.67. The molecule has 0 atom stereocenters. The van der Waals surface area contributed by atoms with Gasteiger partial charge >= 0.3 is 0 Å². The molecule has 3 rings (SSSR count). The number of nitrogens with zero attached hydrogens (tertiary/aromatic N) is 4. The minimum Gasteiger partial charge on any atom is -0.341 e. The second-order valence-corrected chi connectivity index (χ2v) is 8.61. The Labute approximate surface area is 173 Å². The first-order chi connectivity index (χ1) is 14.0. The average Bonchev–Trinajstić information content (AvgIpc) is 2.71. The van der Waals surface area contributed by atoms with Crippen molar-refractivity contribution in [1.82, 2.24) is 19.4 Å². The quantitative estimate of drug-likeness (QED) is 0.686. The summed E-state index contributed by atoms with van der Waals surface area (Å²) >= 11 is 0. The number of benzene rings is 1. The molecule has 0 aliphatic heterocycles. The van der Waals surface area contributed by atoms with Gasteiger partial charge in [-0.3, -0.25) is 14.2 Å². The van der Waals surface area contributed by atoms with E-state index in [4.69, 9.17) is 0 Å².